The number of ether oxygens (including phenoxy) is 2. The number of hydrogen-bond acceptors (Lipinski definition) is 5. The third-order valence-electron chi connectivity index (χ3n) is 4.09. The summed E-state index contributed by atoms with van der Waals surface area (Å²) in [7, 11) is -2.20. The molecular weight excluding hydrogens is 336 g/mol. The van der Waals surface area contributed by atoms with Crippen molar-refractivity contribution in [1.29, 1.82) is 0 Å². The Morgan fingerprint density at radius 2 is 2.00 bits per heavy atom. The molecule has 0 bridgehead atoms. The third-order valence-corrected chi connectivity index (χ3v) is 4.94. The van der Waals surface area contributed by atoms with Gasteiger partial charge in [0.1, 0.15) is 5.75 Å². The van der Waals surface area contributed by atoms with Crippen molar-refractivity contribution in [2.24, 2.45) is 0 Å². The number of amides is 2. The average molecular weight is 358 g/mol. The van der Waals surface area contributed by atoms with Gasteiger partial charge in [0.2, 0.25) is 6.29 Å². The topological polar surface area (TPSA) is 96.4 Å². The number of carbonyl (C=O) groups is 1. The number of urea groups is 1. The predicted molar refractivity (Wildman–Crippen MR) is 88.6 cm³/mol. The number of anilines is 1. The second kappa shape index (κ2) is 6.23. The van der Waals surface area contributed by atoms with Gasteiger partial charge in [0, 0.05) is 32.0 Å². The molecule has 8 nitrogen and oxygen atoms in total. The van der Waals surface area contributed by atoms with Crippen molar-refractivity contribution in [2.45, 2.75) is 32.5 Å². The van der Waals surface area contributed by atoms with Crippen molar-refractivity contribution < 1.29 is 27.2 Å². The molecule has 0 saturated carbocycles. The molecule has 1 aliphatic heterocycles. The van der Waals surface area contributed by atoms with Crippen LogP contribution in [0.5, 0.6) is 5.75 Å². The Kier molecular flexibility index (Phi) is 4.80. The summed E-state index contributed by atoms with van der Waals surface area (Å²) in [5, 5.41) is 0. The molecule has 0 aliphatic carbocycles. The van der Waals surface area contributed by atoms with Crippen LogP contribution in [0.15, 0.2) is 18.2 Å². The molecule has 24 heavy (non-hydrogen) atoms. The normalized spacial score (nSPS) is 18.7. The molecule has 1 aromatic carbocycles. The van der Waals surface area contributed by atoms with Gasteiger partial charge < -0.3 is 9.47 Å². The Balaban J connectivity index is 2.33. The van der Waals surface area contributed by atoms with Gasteiger partial charge in [-0.25, -0.2) is 9.10 Å². The fourth-order valence-electron chi connectivity index (χ4n) is 2.54. The lowest BCUT2D eigenvalue weighted by Gasteiger charge is -2.26. The Morgan fingerprint density at radius 3 is 2.54 bits per heavy atom. The molecule has 2 amide bonds. The van der Waals surface area contributed by atoms with Crippen LogP contribution in [0.25, 0.3) is 0 Å². The van der Waals surface area contributed by atoms with E-state index in [0.29, 0.717) is 18.0 Å². The van der Waals surface area contributed by atoms with Gasteiger partial charge in [0.15, 0.2) is 0 Å². The van der Waals surface area contributed by atoms with E-state index in [9.17, 15) is 13.2 Å². The minimum absolute atomic E-state index is 0.269. The van der Waals surface area contributed by atoms with E-state index in [0.717, 1.165) is 17.5 Å². The first-order valence-corrected chi connectivity index (χ1v) is 8.81. The highest BCUT2D eigenvalue weighted by Gasteiger charge is 2.42. The van der Waals surface area contributed by atoms with Gasteiger partial charge in [-0.05, 0) is 39.0 Å². The van der Waals surface area contributed by atoms with Crippen LogP contribution in [0.3, 0.4) is 0 Å². The van der Waals surface area contributed by atoms with Crippen molar-refractivity contribution in [3.63, 3.8) is 0 Å². The van der Waals surface area contributed by atoms with E-state index >= 15 is 0 Å². The molecule has 2 rings (SSSR count). The maximum atomic E-state index is 12.2. The number of rotatable bonds is 4. The first-order chi connectivity index (χ1) is 11.0. The van der Waals surface area contributed by atoms with Crippen LogP contribution in [0.4, 0.5) is 10.5 Å². The van der Waals surface area contributed by atoms with Gasteiger partial charge in [-0.15, -0.1) is 0 Å². The van der Waals surface area contributed by atoms with Crippen molar-refractivity contribution in [3.8, 4) is 5.75 Å². The molecule has 1 unspecified atom stereocenters. The summed E-state index contributed by atoms with van der Waals surface area (Å²) in [6, 6.07) is 4.22. The highest BCUT2D eigenvalue weighted by atomic mass is 32.2. The fourth-order valence-corrected chi connectivity index (χ4v) is 2.86. The minimum atomic E-state index is -4.61. The summed E-state index contributed by atoms with van der Waals surface area (Å²) >= 11 is 0. The van der Waals surface area contributed by atoms with Crippen LogP contribution < -0.4 is 9.64 Å². The number of hydrogen-bond donors (Lipinski definition) is 1. The Bertz CT molecular complexity index is 746. The zero-order chi connectivity index (χ0) is 18.3. The number of fused-ring (bicyclic) bond motifs is 1. The molecule has 1 heterocycles. The quantitative estimate of drug-likeness (QED) is 0.827. The Morgan fingerprint density at radius 1 is 1.38 bits per heavy atom. The molecule has 0 spiro atoms. The predicted octanol–water partition coefficient (Wildman–Crippen LogP) is 2.01. The van der Waals surface area contributed by atoms with E-state index in [1.54, 1.807) is 18.2 Å². The molecule has 1 aromatic rings. The first-order valence-electron chi connectivity index (χ1n) is 7.42. The van der Waals surface area contributed by atoms with Crippen LogP contribution in [-0.4, -0.2) is 50.3 Å². The van der Waals surface area contributed by atoms with Crippen molar-refractivity contribution in [1.82, 2.24) is 4.31 Å². The molecule has 0 fully saturated rings. The van der Waals surface area contributed by atoms with Gasteiger partial charge >= 0.3 is 16.3 Å². The lowest BCUT2D eigenvalue weighted by Crippen LogP contribution is -2.42. The number of carbonyl (C=O) groups excluding carboxylic acids is 1. The SMILES string of the molecule is CCOC1Oc2ccc(N(C)C(=O)N(C)S(=O)(=O)O)cc2C1(C)C. The summed E-state index contributed by atoms with van der Waals surface area (Å²) in [5.74, 6) is 0.659. The van der Waals surface area contributed by atoms with E-state index in [-0.39, 0.29) is 4.31 Å². The van der Waals surface area contributed by atoms with Crippen molar-refractivity contribution >= 4 is 22.0 Å². The zero-order valence-corrected chi connectivity index (χ0v) is 15.1. The molecular formula is C15H22N2O6S. The Hall–Kier alpha value is -1.84. The summed E-state index contributed by atoms with van der Waals surface area (Å²) in [5.41, 5.74) is 0.899. The third kappa shape index (κ3) is 3.19. The fraction of sp³-hybridized carbons (Fsp3) is 0.533. The van der Waals surface area contributed by atoms with Crippen LogP contribution in [0, 0.1) is 0 Å². The van der Waals surface area contributed by atoms with Gasteiger partial charge in [0.05, 0.1) is 5.41 Å². The van der Waals surface area contributed by atoms with Crippen LogP contribution in [-0.2, 0) is 20.5 Å². The molecule has 0 radical (unpaired) electrons. The Labute approximate surface area is 141 Å². The van der Waals surface area contributed by atoms with Gasteiger partial charge in [-0.3, -0.25) is 9.45 Å². The molecule has 9 heteroatoms. The number of nitrogens with zero attached hydrogens (tertiary/aromatic N) is 2. The summed E-state index contributed by atoms with van der Waals surface area (Å²) in [6.07, 6.45) is -0.436. The monoisotopic (exact) mass is 358 g/mol. The van der Waals surface area contributed by atoms with Crippen LogP contribution in [0.1, 0.15) is 26.3 Å². The average Bonchev–Trinajstić information content (AvgIpc) is 2.75. The van der Waals surface area contributed by atoms with E-state index < -0.39 is 28.0 Å². The van der Waals surface area contributed by atoms with E-state index in [2.05, 4.69) is 0 Å². The highest BCUT2D eigenvalue weighted by Crippen LogP contribution is 2.44. The zero-order valence-electron chi connectivity index (χ0n) is 14.3. The largest absolute Gasteiger partial charge is 0.464 e. The molecule has 1 aliphatic rings. The second-order valence-electron chi connectivity index (χ2n) is 6.09. The first kappa shape index (κ1) is 18.5. The molecule has 0 aromatic heterocycles. The summed E-state index contributed by atoms with van der Waals surface area (Å²) < 4.78 is 42.9. The maximum absolute atomic E-state index is 12.2. The van der Waals surface area contributed by atoms with E-state index in [1.807, 2.05) is 20.8 Å². The standard InChI is InChI=1S/C15H22N2O6S/c1-6-22-13-15(2,3)11-9-10(7-8-12(11)23-13)16(4)14(18)17(5)24(19,20)21/h7-9,13H,6H2,1-5H3,(H,19,20,21). The van der Waals surface area contributed by atoms with Crippen LogP contribution >= 0.6 is 0 Å². The van der Waals surface area contributed by atoms with E-state index in [4.69, 9.17) is 14.0 Å². The lowest BCUT2D eigenvalue weighted by atomic mass is 9.85. The summed E-state index contributed by atoms with van der Waals surface area (Å²) in [4.78, 5) is 13.3. The van der Waals surface area contributed by atoms with Crippen molar-refractivity contribution in [2.75, 3.05) is 25.6 Å². The van der Waals surface area contributed by atoms with Crippen molar-refractivity contribution in [3.05, 3.63) is 23.8 Å². The second-order valence-corrected chi connectivity index (χ2v) is 7.54. The molecule has 1 atom stereocenters. The highest BCUT2D eigenvalue weighted by molar-refractivity contribution is 7.83. The van der Waals surface area contributed by atoms with E-state index in [1.165, 1.54) is 7.05 Å². The maximum Gasteiger partial charge on any atom is 0.363 e. The summed E-state index contributed by atoms with van der Waals surface area (Å²) in [6.45, 7) is 6.32. The minimum Gasteiger partial charge on any atom is -0.464 e. The van der Waals surface area contributed by atoms with Gasteiger partial charge in [0.25, 0.3) is 0 Å². The van der Waals surface area contributed by atoms with Crippen LogP contribution in [0.2, 0.25) is 0 Å². The molecule has 0 saturated heterocycles. The molecule has 1 N–H and O–H groups in total. The lowest BCUT2D eigenvalue weighted by molar-refractivity contribution is -0.0981. The van der Waals surface area contributed by atoms with Gasteiger partial charge in [-0.1, -0.05) is 0 Å². The molecule has 134 valence electrons. The van der Waals surface area contributed by atoms with Gasteiger partial charge in [-0.2, -0.15) is 8.42 Å². The number of benzene rings is 1. The smallest absolute Gasteiger partial charge is 0.363 e.